The standard InChI is InChI=1S/C77H75F49O24/c1-53(2,82)72(115,116)148-59(88,51(78)79)38-132-21-27-137-46-33-42(34-47(138-28-22-134-40-61(90,68(103,104)105)150-74(119,120)55(5,6)84)49(46)140-30-24-133-39-60(89,52(80)81)149-73(117,118)54(3,4)83)50(128)141-15-10-11-43(127)41-31-44(135-25-19-129-35-56(7,85)145-75(121,122)65(100,69(106,107)108)142-16-12-62(91,92)93)48(139-29-23-131-37-58(9,87)147-77(125,126)67(102,71(112,113)114)144-18-14-64(97,98)99)45(32-41)136-26-20-130-36-57(8,86)146-76(123,124)66(101,70(109,110)111)143-17-13-63(94,95)96/h31-34,51-52H,10-11,15,19-30,35-40H2,1-9H3. The van der Waals surface area contributed by atoms with E-state index in [2.05, 4.69) is 71.1 Å². The fourth-order valence-corrected chi connectivity index (χ4v) is 9.24. The molecule has 0 radical (unpaired) electrons. The van der Waals surface area contributed by atoms with Crippen molar-refractivity contribution in [3.05, 3.63) is 35.4 Å². The Balaban J connectivity index is 3.11. The number of carbonyl (C=O) groups excluding carboxylic acids is 2. The topological polar surface area (TPSA) is 237 Å². The fourth-order valence-electron chi connectivity index (χ4n) is 9.24. The van der Waals surface area contributed by atoms with E-state index in [9.17, 15) is 198 Å². The second-order valence-corrected chi connectivity index (χ2v) is 31.3. The summed E-state index contributed by atoms with van der Waals surface area (Å²) in [4.78, 5) is 28.3. The van der Waals surface area contributed by atoms with Crippen LogP contribution in [0.5, 0.6) is 34.5 Å². The average Bonchev–Trinajstić information content (AvgIpc) is 0.774. The number of rotatable bonds is 65. The van der Waals surface area contributed by atoms with E-state index >= 15 is 26.3 Å². The summed E-state index contributed by atoms with van der Waals surface area (Å²) in [5, 5.41) is 0. The number of hydrogen-bond acceptors (Lipinski definition) is 24. The minimum atomic E-state index is -7.22. The largest absolute Gasteiger partial charge is 0.487 e. The van der Waals surface area contributed by atoms with Gasteiger partial charge in [0, 0.05) is 12.0 Å². The van der Waals surface area contributed by atoms with E-state index in [1.807, 2.05) is 0 Å². The molecule has 0 bridgehead atoms. The Kier molecular flexibility index (Phi) is 46.3. The molecular weight excluding hydrogens is 2240 g/mol. The van der Waals surface area contributed by atoms with Crippen LogP contribution in [0, 0.1) is 36.1 Å². The van der Waals surface area contributed by atoms with Gasteiger partial charge in [0.1, 0.15) is 97.6 Å². The molecule has 0 aliphatic rings. The summed E-state index contributed by atoms with van der Waals surface area (Å²) >= 11 is 0. The molecule has 0 saturated heterocycles. The van der Waals surface area contributed by atoms with Crippen molar-refractivity contribution < 1.29 is 329 Å². The summed E-state index contributed by atoms with van der Waals surface area (Å²) in [5.74, 6) is -61.4. The normalized spacial score (nSPS) is 17.2. The van der Waals surface area contributed by atoms with E-state index in [1.54, 1.807) is 0 Å². The molecule has 2 aromatic carbocycles. The highest BCUT2D eigenvalue weighted by atomic mass is 19.5. The van der Waals surface area contributed by atoms with Crippen molar-refractivity contribution in [1.82, 2.24) is 0 Å². The number of benzene rings is 2. The zero-order chi connectivity index (χ0) is 117. The molecule has 0 aliphatic carbocycles. The molecule has 0 amide bonds. The third-order valence-electron chi connectivity index (χ3n) is 16.7. The maximum absolute atomic E-state index is 15.5. The monoisotopic (exact) mass is 2310 g/mol. The van der Waals surface area contributed by atoms with Crippen molar-refractivity contribution in [2.45, 2.75) is 238 Å². The van der Waals surface area contributed by atoms with Crippen molar-refractivity contribution >= 4 is 11.8 Å². The molecule has 150 heavy (non-hydrogen) atoms. The first-order chi connectivity index (χ1) is 67.1. The van der Waals surface area contributed by atoms with E-state index in [-0.39, 0.29) is 98.4 Å². The van der Waals surface area contributed by atoms with Gasteiger partial charge in [0.15, 0.2) is 45.8 Å². The molecule has 2 aromatic rings. The van der Waals surface area contributed by atoms with Crippen LogP contribution in [0.4, 0.5) is 215 Å². The van der Waals surface area contributed by atoms with E-state index in [0.717, 1.165) is 0 Å². The minimum absolute atomic E-state index is 0.00151. The number of ether oxygens (including phenoxy) is 22. The van der Waals surface area contributed by atoms with Gasteiger partial charge in [-0.3, -0.25) is 33.2 Å². The lowest BCUT2D eigenvalue weighted by Crippen LogP contribution is -2.60. The minimum Gasteiger partial charge on any atom is -0.487 e. The fraction of sp³-hybridized carbons (Fsp3) is 0.740. The molecule has 0 aliphatic heterocycles. The predicted molar refractivity (Wildman–Crippen MR) is 389 cm³/mol. The number of esters is 1. The lowest BCUT2D eigenvalue weighted by atomic mass is 10.1. The summed E-state index contributed by atoms with van der Waals surface area (Å²) in [6.07, 6.45) is -94.9. The quantitative estimate of drug-likeness (QED) is 0.0197. The second-order valence-electron chi connectivity index (χ2n) is 31.3. The molecular formula is C77H75F49O24. The van der Waals surface area contributed by atoms with Gasteiger partial charge >= 0.3 is 109 Å². The number of halogens is 49. The molecule has 9 atom stereocenters. The van der Waals surface area contributed by atoms with Gasteiger partial charge in [-0.05, 0) is 93.0 Å². The van der Waals surface area contributed by atoms with Crippen LogP contribution in [-0.4, -0.2) is 300 Å². The SMILES string of the molecule is CC(F)(COCCOc1cc(C(=O)CCCOC(=O)c2cc(OCCOCC(F)(OC(F)(F)C(C)(C)F)C(F)F)c(OCCOCC(F)(OC(F)(F)C(C)(C)F)C(F)F)c(OCCOCC(F)(OC(F)(F)C(C)(C)F)C(F)(F)F)c2)cc(OCCOCC(C)(F)OC(F)(F)C(F)(OC#CC(F)(F)F)C(F)(F)F)c1OCCOCC(C)(F)OC(F)(F)C(F)(OC#CC(F)(F)F)C(F)(F)F)OC(F)(F)C(F)(OC#CC(F)(F)F)C(F)(F)F. The maximum Gasteiger partial charge on any atom is 0.470 e. The second kappa shape index (κ2) is 50.8. The van der Waals surface area contributed by atoms with Crippen molar-refractivity contribution in [3.8, 4) is 70.6 Å². The molecule has 0 spiro atoms. The Morgan fingerprint density at radius 2 is 0.513 bits per heavy atom. The highest BCUT2D eigenvalue weighted by Gasteiger charge is 2.80. The summed E-state index contributed by atoms with van der Waals surface area (Å²) in [7, 11) is 0. The number of hydrogen-bond donors (Lipinski definition) is 0. The van der Waals surface area contributed by atoms with E-state index < -0.39 is 358 Å². The first kappa shape index (κ1) is 137. The van der Waals surface area contributed by atoms with Gasteiger partial charge in [-0.15, -0.1) is 0 Å². The van der Waals surface area contributed by atoms with E-state index in [4.69, 9.17) is 33.2 Å². The van der Waals surface area contributed by atoms with Crippen LogP contribution in [0.1, 0.15) is 95.9 Å². The molecule has 0 aromatic heterocycles. The molecule has 73 heteroatoms. The number of alkyl halides is 49. The van der Waals surface area contributed by atoms with Crippen LogP contribution in [0.15, 0.2) is 24.3 Å². The van der Waals surface area contributed by atoms with E-state index in [1.165, 1.54) is 0 Å². The molecule has 0 fully saturated rings. The van der Waals surface area contributed by atoms with Gasteiger partial charge in [-0.2, -0.15) is 162 Å². The van der Waals surface area contributed by atoms with Gasteiger partial charge in [0.25, 0.3) is 24.6 Å². The van der Waals surface area contributed by atoms with Gasteiger partial charge in [0.05, 0.1) is 69.6 Å². The lowest BCUT2D eigenvalue weighted by Gasteiger charge is -2.35. The van der Waals surface area contributed by atoms with Crippen LogP contribution in [0.3, 0.4) is 0 Å². The molecule has 24 nitrogen and oxygen atoms in total. The van der Waals surface area contributed by atoms with Crippen molar-refractivity contribution in [2.24, 2.45) is 0 Å². The average molecular weight is 2320 g/mol. The zero-order valence-corrected chi connectivity index (χ0v) is 76.1. The highest BCUT2D eigenvalue weighted by Crippen LogP contribution is 2.55. The number of carbonyl (C=O) groups is 2. The van der Waals surface area contributed by atoms with Crippen LogP contribution >= 0.6 is 0 Å². The van der Waals surface area contributed by atoms with Gasteiger partial charge in [-0.1, -0.05) is 0 Å². The van der Waals surface area contributed by atoms with Crippen molar-refractivity contribution in [1.29, 1.82) is 0 Å². The number of Topliss-reactive ketones (excluding diaryl/α,β-unsaturated/α-hetero) is 1. The lowest BCUT2D eigenvalue weighted by molar-refractivity contribution is -0.472. The third-order valence-corrected chi connectivity index (χ3v) is 16.7. The first-order valence-electron chi connectivity index (χ1n) is 39.7. The molecule has 0 saturated carbocycles. The Morgan fingerprint density at radius 3 is 0.753 bits per heavy atom. The summed E-state index contributed by atoms with van der Waals surface area (Å²) in [5.41, 5.74) is -14.3. The molecule has 9 unspecified atom stereocenters. The zero-order valence-electron chi connectivity index (χ0n) is 76.1. The Hall–Kier alpha value is -9.45. The Bertz CT molecular complexity index is 4690. The molecule has 870 valence electrons. The van der Waals surface area contributed by atoms with Gasteiger partial charge in [-0.25, -0.2) is 57.5 Å². The summed E-state index contributed by atoms with van der Waals surface area (Å²) < 4.78 is 781. The van der Waals surface area contributed by atoms with Crippen molar-refractivity contribution in [2.75, 3.05) is 126 Å². The Morgan fingerprint density at radius 1 is 0.273 bits per heavy atom. The predicted octanol–water partition coefficient (Wildman–Crippen LogP) is 22.2. The van der Waals surface area contributed by atoms with Crippen LogP contribution < -0.4 is 28.4 Å². The molecule has 0 heterocycles. The number of ketones is 1. The van der Waals surface area contributed by atoms with Gasteiger partial charge < -0.3 is 75.8 Å². The first-order valence-corrected chi connectivity index (χ1v) is 39.7. The third kappa shape index (κ3) is 40.8. The van der Waals surface area contributed by atoms with Crippen molar-refractivity contribution in [3.63, 3.8) is 0 Å². The smallest absolute Gasteiger partial charge is 0.470 e. The van der Waals surface area contributed by atoms with Crippen LogP contribution in [-0.2, 0) is 75.8 Å². The summed E-state index contributed by atoms with van der Waals surface area (Å²) in [6.45, 7) is -34.4. The Labute approximate surface area is 808 Å². The van der Waals surface area contributed by atoms with Gasteiger partial charge in [0.2, 0.25) is 29.1 Å². The van der Waals surface area contributed by atoms with Crippen LogP contribution in [0.2, 0.25) is 0 Å². The molecule has 0 N–H and O–H groups in total. The van der Waals surface area contributed by atoms with E-state index in [0.29, 0.717) is 24.3 Å². The molecule has 2 rings (SSSR count). The maximum atomic E-state index is 15.5. The summed E-state index contributed by atoms with van der Waals surface area (Å²) in [6, 6.07) is 1.29. The highest BCUT2D eigenvalue weighted by molar-refractivity contribution is 5.97. The van der Waals surface area contributed by atoms with Crippen LogP contribution in [0.25, 0.3) is 0 Å².